The Morgan fingerprint density at radius 2 is 2.46 bits per heavy atom. The summed E-state index contributed by atoms with van der Waals surface area (Å²) in [7, 11) is 0. The molecule has 1 saturated heterocycles. The van der Waals surface area contributed by atoms with Crippen molar-refractivity contribution in [3.63, 3.8) is 0 Å². The molecule has 0 aromatic rings. The minimum absolute atomic E-state index is 0.346. The second kappa shape index (κ2) is 6.35. The number of hydrogen-bond acceptors (Lipinski definition) is 3. The summed E-state index contributed by atoms with van der Waals surface area (Å²) in [6.07, 6.45) is 2.58. The van der Waals surface area contributed by atoms with Gasteiger partial charge in [-0.1, -0.05) is 6.92 Å². The van der Waals surface area contributed by atoms with Crippen molar-refractivity contribution in [2.75, 3.05) is 26.4 Å². The number of rotatable bonds is 6. The van der Waals surface area contributed by atoms with E-state index in [1.807, 2.05) is 0 Å². The second-order valence-corrected chi connectivity index (χ2v) is 3.62. The van der Waals surface area contributed by atoms with Crippen molar-refractivity contribution in [3.8, 4) is 0 Å². The highest BCUT2D eigenvalue weighted by molar-refractivity contribution is 4.63. The van der Waals surface area contributed by atoms with Gasteiger partial charge in [-0.05, 0) is 19.8 Å². The van der Waals surface area contributed by atoms with Crippen LogP contribution in [0.25, 0.3) is 0 Å². The first-order chi connectivity index (χ1) is 6.33. The van der Waals surface area contributed by atoms with Crippen LogP contribution in [0.4, 0.5) is 0 Å². The number of ether oxygens (including phenoxy) is 2. The molecule has 2 atom stereocenters. The quantitative estimate of drug-likeness (QED) is 0.633. The largest absolute Gasteiger partial charge is 0.379 e. The molecule has 0 amide bonds. The average molecular weight is 187 g/mol. The van der Waals surface area contributed by atoms with E-state index in [9.17, 15) is 0 Å². The van der Waals surface area contributed by atoms with Crippen molar-refractivity contribution < 1.29 is 9.47 Å². The summed E-state index contributed by atoms with van der Waals surface area (Å²) in [4.78, 5) is 0. The van der Waals surface area contributed by atoms with Gasteiger partial charge in [-0.2, -0.15) is 0 Å². The van der Waals surface area contributed by atoms with Crippen molar-refractivity contribution in [2.45, 2.75) is 38.8 Å². The molecule has 1 rings (SSSR count). The molecule has 1 N–H and O–H groups in total. The SMILES string of the molecule is CCC(C)NCCOC1CCOC1. The molecule has 2 unspecified atom stereocenters. The standard InChI is InChI=1S/C10H21NO2/c1-3-9(2)11-5-7-13-10-4-6-12-8-10/h9-11H,3-8H2,1-2H3. The molecular weight excluding hydrogens is 166 g/mol. The van der Waals surface area contributed by atoms with Gasteiger partial charge in [0.25, 0.3) is 0 Å². The van der Waals surface area contributed by atoms with Crippen molar-refractivity contribution in [2.24, 2.45) is 0 Å². The van der Waals surface area contributed by atoms with Crippen molar-refractivity contribution in [1.29, 1.82) is 0 Å². The summed E-state index contributed by atoms with van der Waals surface area (Å²) in [6, 6.07) is 0.600. The Morgan fingerprint density at radius 1 is 1.62 bits per heavy atom. The molecule has 0 aromatic heterocycles. The topological polar surface area (TPSA) is 30.5 Å². The van der Waals surface area contributed by atoms with Gasteiger partial charge < -0.3 is 14.8 Å². The molecule has 1 fully saturated rings. The highest BCUT2D eigenvalue weighted by atomic mass is 16.5. The molecular formula is C10H21NO2. The Bertz CT molecular complexity index is 124. The molecule has 0 aliphatic carbocycles. The van der Waals surface area contributed by atoms with Crippen LogP contribution in [-0.4, -0.2) is 38.5 Å². The molecule has 3 nitrogen and oxygen atoms in total. The zero-order valence-corrected chi connectivity index (χ0v) is 8.71. The van der Waals surface area contributed by atoms with Crippen LogP contribution >= 0.6 is 0 Å². The Morgan fingerprint density at radius 3 is 3.08 bits per heavy atom. The molecule has 13 heavy (non-hydrogen) atoms. The lowest BCUT2D eigenvalue weighted by Crippen LogP contribution is -2.30. The summed E-state index contributed by atoms with van der Waals surface area (Å²) in [5.41, 5.74) is 0. The Hall–Kier alpha value is -0.120. The fourth-order valence-corrected chi connectivity index (χ4v) is 1.32. The molecule has 1 heterocycles. The van der Waals surface area contributed by atoms with E-state index in [0.717, 1.165) is 32.8 Å². The van der Waals surface area contributed by atoms with E-state index < -0.39 is 0 Å². The van der Waals surface area contributed by atoms with Crippen LogP contribution in [0, 0.1) is 0 Å². The molecule has 3 heteroatoms. The van der Waals surface area contributed by atoms with E-state index in [1.54, 1.807) is 0 Å². The minimum Gasteiger partial charge on any atom is -0.379 e. The van der Waals surface area contributed by atoms with Gasteiger partial charge in [0.15, 0.2) is 0 Å². The fourth-order valence-electron chi connectivity index (χ4n) is 1.32. The normalized spacial score (nSPS) is 24.9. The fraction of sp³-hybridized carbons (Fsp3) is 1.00. The van der Waals surface area contributed by atoms with Gasteiger partial charge in [-0.3, -0.25) is 0 Å². The van der Waals surface area contributed by atoms with Gasteiger partial charge in [0.05, 0.1) is 19.3 Å². The first kappa shape index (κ1) is 11.0. The zero-order chi connectivity index (χ0) is 9.52. The monoisotopic (exact) mass is 187 g/mol. The molecule has 0 radical (unpaired) electrons. The third-order valence-electron chi connectivity index (χ3n) is 2.45. The first-order valence-corrected chi connectivity index (χ1v) is 5.25. The average Bonchev–Trinajstić information content (AvgIpc) is 2.64. The Balaban J connectivity index is 1.88. The zero-order valence-electron chi connectivity index (χ0n) is 8.71. The van der Waals surface area contributed by atoms with E-state index in [4.69, 9.17) is 9.47 Å². The van der Waals surface area contributed by atoms with Gasteiger partial charge in [-0.15, -0.1) is 0 Å². The maximum absolute atomic E-state index is 5.61. The van der Waals surface area contributed by atoms with Crippen LogP contribution in [0.5, 0.6) is 0 Å². The lowest BCUT2D eigenvalue weighted by molar-refractivity contribution is 0.0437. The van der Waals surface area contributed by atoms with Crippen molar-refractivity contribution >= 4 is 0 Å². The molecule has 1 aliphatic heterocycles. The van der Waals surface area contributed by atoms with Crippen LogP contribution in [-0.2, 0) is 9.47 Å². The summed E-state index contributed by atoms with van der Waals surface area (Å²) in [5.74, 6) is 0. The highest BCUT2D eigenvalue weighted by Crippen LogP contribution is 2.07. The number of nitrogens with one attached hydrogen (secondary N) is 1. The molecule has 0 saturated carbocycles. The van der Waals surface area contributed by atoms with Gasteiger partial charge in [0.2, 0.25) is 0 Å². The minimum atomic E-state index is 0.346. The summed E-state index contributed by atoms with van der Waals surface area (Å²) >= 11 is 0. The van der Waals surface area contributed by atoms with E-state index in [0.29, 0.717) is 12.1 Å². The van der Waals surface area contributed by atoms with E-state index >= 15 is 0 Å². The van der Waals surface area contributed by atoms with Gasteiger partial charge in [0.1, 0.15) is 0 Å². The third kappa shape index (κ3) is 4.60. The van der Waals surface area contributed by atoms with Crippen LogP contribution < -0.4 is 5.32 Å². The molecule has 0 aromatic carbocycles. The Labute approximate surface area is 80.8 Å². The Kier molecular flexibility index (Phi) is 5.35. The van der Waals surface area contributed by atoms with Crippen molar-refractivity contribution in [3.05, 3.63) is 0 Å². The van der Waals surface area contributed by atoms with E-state index in [1.165, 1.54) is 6.42 Å². The summed E-state index contributed by atoms with van der Waals surface area (Å²) in [6.45, 7) is 7.78. The molecule has 0 spiro atoms. The van der Waals surface area contributed by atoms with Gasteiger partial charge >= 0.3 is 0 Å². The lowest BCUT2D eigenvalue weighted by Gasteiger charge is -2.13. The molecule has 1 aliphatic rings. The van der Waals surface area contributed by atoms with Crippen LogP contribution in [0.15, 0.2) is 0 Å². The van der Waals surface area contributed by atoms with Gasteiger partial charge in [-0.25, -0.2) is 0 Å². The van der Waals surface area contributed by atoms with Crippen LogP contribution in [0.3, 0.4) is 0 Å². The maximum atomic E-state index is 5.61. The number of hydrogen-bond donors (Lipinski definition) is 1. The molecule has 0 bridgehead atoms. The smallest absolute Gasteiger partial charge is 0.0831 e. The lowest BCUT2D eigenvalue weighted by atomic mass is 10.3. The predicted molar refractivity (Wildman–Crippen MR) is 52.9 cm³/mol. The second-order valence-electron chi connectivity index (χ2n) is 3.62. The van der Waals surface area contributed by atoms with Crippen LogP contribution in [0.1, 0.15) is 26.7 Å². The predicted octanol–water partition coefficient (Wildman–Crippen LogP) is 1.18. The summed E-state index contributed by atoms with van der Waals surface area (Å²) in [5, 5.41) is 3.39. The summed E-state index contributed by atoms with van der Waals surface area (Å²) < 4.78 is 10.8. The van der Waals surface area contributed by atoms with Crippen molar-refractivity contribution in [1.82, 2.24) is 5.32 Å². The highest BCUT2D eigenvalue weighted by Gasteiger charge is 2.15. The molecule has 78 valence electrons. The maximum Gasteiger partial charge on any atom is 0.0831 e. The van der Waals surface area contributed by atoms with Gasteiger partial charge in [0, 0.05) is 19.2 Å². The van der Waals surface area contributed by atoms with Crippen LogP contribution in [0.2, 0.25) is 0 Å². The van der Waals surface area contributed by atoms with E-state index in [-0.39, 0.29) is 0 Å². The first-order valence-electron chi connectivity index (χ1n) is 5.25. The third-order valence-corrected chi connectivity index (χ3v) is 2.45. The van der Waals surface area contributed by atoms with E-state index in [2.05, 4.69) is 19.2 Å².